The lowest BCUT2D eigenvalue weighted by Crippen LogP contribution is -2.59. The number of unbranched alkanes of at least 4 members (excludes halogenated alkanes) is 1. The van der Waals surface area contributed by atoms with Gasteiger partial charge in [-0.05, 0) is 103 Å². The summed E-state index contributed by atoms with van der Waals surface area (Å²) in [4.78, 5) is 29.1. The van der Waals surface area contributed by atoms with Crippen LogP contribution in [-0.4, -0.2) is 60.1 Å². The number of alkyl halides is 3. The van der Waals surface area contributed by atoms with Gasteiger partial charge in [0, 0.05) is 19.1 Å². The summed E-state index contributed by atoms with van der Waals surface area (Å²) in [6.45, 7) is 4.22. The van der Waals surface area contributed by atoms with E-state index in [1.165, 1.54) is 0 Å². The Labute approximate surface area is 269 Å². The Morgan fingerprint density at radius 2 is 1.63 bits per heavy atom. The van der Waals surface area contributed by atoms with Crippen molar-refractivity contribution in [2.24, 2.45) is 0 Å². The molecule has 0 aromatic heterocycles. The van der Waals surface area contributed by atoms with Crippen LogP contribution in [0.25, 0.3) is 22.3 Å². The standard InChI is InChI=1S/C37H43F3N4O2/c1-3-4-22-44(43-23-10-8-14-32(43)41-24-45)36(46)35-29-12-6-5-11-28(29)30-20-19-27(25-15-17-26(18-16-25)37(38,39)40)33(34(30)35)31-13-7-9-21-42(31)2/h5-6,11-12,15-20,24,31-32,35H,3-4,7-10,13-14,21-23H2,1-2H3,(H,41,45). The smallest absolute Gasteiger partial charge is 0.342 e. The first kappa shape index (κ1) is 32.3. The van der Waals surface area contributed by atoms with Crippen LogP contribution in [0.2, 0.25) is 0 Å². The number of likely N-dealkylation sites (tertiary alicyclic amines) is 1. The molecule has 1 N–H and O–H groups in total. The number of hydrogen-bond acceptors (Lipinski definition) is 4. The van der Waals surface area contributed by atoms with Crippen LogP contribution in [0.15, 0.2) is 60.7 Å². The molecule has 2 amide bonds. The lowest BCUT2D eigenvalue weighted by molar-refractivity contribution is -0.161. The first-order chi connectivity index (χ1) is 22.2. The summed E-state index contributed by atoms with van der Waals surface area (Å²) >= 11 is 0. The molecule has 2 aliphatic heterocycles. The molecule has 2 heterocycles. The molecule has 244 valence electrons. The minimum atomic E-state index is -4.42. The molecule has 0 bridgehead atoms. The zero-order valence-electron chi connectivity index (χ0n) is 26.7. The molecule has 6 nitrogen and oxygen atoms in total. The Morgan fingerprint density at radius 3 is 2.35 bits per heavy atom. The number of nitrogens with zero attached hydrogens (tertiary/aromatic N) is 3. The minimum absolute atomic E-state index is 0.00848. The van der Waals surface area contributed by atoms with Gasteiger partial charge in [-0.2, -0.15) is 18.2 Å². The molecule has 9 heteroatoms. The van der Waals surface area contributed by atoms with Gasteiger partial charge < -0.3 is 5.32 Å². The summed E-state index contributed by atoms with van der Waals surface area (Å²) in [5, 5.41) is 6.90. The number of piperidine rings is 2. The van der Waals surface area contributed by atoms with Crippen molar-refractivity contribution in [1.82, 2.24) is 20.2 Å². The van der Waals surface area contributed by atoms with Crippen molar-refractivity contribution in [1.29, 1.82) is 0 Å². The summed E-state index contributed by atoms with van der Waals surface area (Å²) in [6, 6.07) is 17.6. The Bertz CT molecular complexity index is 1560. The molecule has 0 saturated carbocycles. The van der Waals surface area contributed by atoms with E-state index in [4.69, 9.17) is 0 Å². The molecule has 2 saturated heterocycles. The highest BCUT2D eigenvalue weighted by atomic mass is 19.4. The van der Waals surface area contributed by atoms with Crippen LogP contribution in [0, 0.1) is 0 Å². The molecule has 0 radical (unpaired) electrons. The summed E-state index contributed by atoms with van der Waals surface area (Å²) in [7, 11) is 2.11. The van der Waals surface area contributed by atoms with Gasteiger partial charge in [-0.15, -0.1) is 0 Å². The quantitative estimate of drug-likeness (QED) is 0.245. The van der Waals surface area contributed by atoms with E-state index in [2.05, 4.69) is 41.3 Å². The number of hydrogen-bond donors (Lipinski definition) is 1. The number of halogens is 3. The highest BCUT2D eigenvalue weighted by Crippen LogP contribution is 2.52. The van der Waals surface area contributed by atoms with E-state index in [1.54, 1.807) is 12.1 Å². The second kappa shape index (κ2) is 13.6. The fourth-order valence-electron chi connectivity index (χ4n) is 7.75. The van der Waals surface area contributed by atoms with Crippen molar-refractivity contribution in [2.75, 3.05) is 26.7 Å². The molecule has 46 heavy (non-hydrogen) atoms. The number of fused-ring (bicyclic) bond motifs is 3. The maximum absolute atomic E-state index is 15.2. The third-order valence-corrected chi connectivity index (χ3v) is 10.0. The molecule has 3 atom stereocenters. The van der Waals surface area contributed by atoms with Crippen LogP contribution in [0.3, 0.4) is 0 Å². The van der Waals surface area contributed by atoms with Crippen molar-refractivity contribution in [3.63, 3.8) is 0 Å². The molecule has 6 rings (SSSR count). The normalized spacial score (nSPS) is 21.8. The highest BCUT2D eigenvalue weighted by Gasteiger charge is 2.43. The number of carbonyl (C=O) groups is 2. The van der Waals surface area contributed by atoms with E-state index in [0.717, 1.165) is 110 Å². The van der Waals surface area contributed by atoms with Crippen LogP contribution in [0.5, 0.6) is 0 Å². The van der Waals surface area contributed by atoms with E-state index >= 15 is 4.79 Å². The summed E-state index contributed by atoms with van der Waals surface area (Å²) in [6.07, 6.45) is 3.45. The Balaban J connectivity index is 1.54. The molecule has 1 aliphatic carbocycles. The maximum atomic E-state index is 15.2. The number of nitrogens with one attached hydrogen (secondary N) is 1. The Morgan fingerprint density at radius 1 is 0.913 bits per heavy atom. The van der Waals surface area contributed by atoms with Crippen LogP contribution in [0.4, 0.5) is 13.2 Å². The fraction of sp³-hybridized carbons (Fsp3) is 0.459. The van der Waals surface area contributed by atoms with Gasteiger partial charge in [0.25, 0.3) is 0 Å². The molecule has 3 aliphatic rings. The number of hydrazine groups is 1. The molecule has 2 fully saturated rings. The zero-order chi connectivity index (χ0) is 32.4. The second-order valence-corrected chi connectivity index (χ2v) is 12.8. The SMILES string of the molecule is CCCCN(C(=O)C1c2ccccc2-c2ccc(-c3ccc(C(F)(F)F)cc3)c(C3CCCCN3C)c21)N1CCCCC1NC=O. The lowest BCUT2D eigenvalue weighted by atomic mass is 9.81. The van der Waals surface area contributed by atoms with Gasteiger partial charge in [-0.3, -0.25) is 19.5 Å². The van der Waals surface area contributed by atoms with Gasteiger partial charge in [0.15, 0.2) is 0 Å². The van der Waals surface area contributed by atoms with E-state index < -0.39 is 17.7 Å². The largest absolute Gasteiger partial charge is 0.416 e. The molecule has 0 spiro atoms. The van der Waals surface area contributed by atoms with E-state index in [0.29, 0.717) is 18.7 Å². The van der Waals surface area contributed by atoms with Crippen LogP contribution in [0.1, 0.15) is 92.5 Å². The number of carbonyl (C=O) groups excluding carboxylic acids is 2. The summed E-state index contributed by atoms with van der Waals surface area (Å²) in [5.74, 6) is -0.606. The van der Waals surface area contributed by atoms with Gasteiger partial charge in [-0.1, -0.05) is 68.3 Å². The average molecular weight is 633 g/mol. The minimum Gasteiger partial charge on any atom is -0.342 e. The molecule has 3 aromatic rings. The second-order valence-electron chi connectivity index (χ2n) is 12.8. The van der Waals surface area contributed by atoms with Crippen LogP contribution < -0.4 is 5.32 Å². The average Bonchev–Trinajstić information content (AvgIpc) is 3.40. The highest BCUT2D eigenvalue weighted by molar-refractivity contribution is 5.98. The molecular formula is C37H43F3N4O2. The first-order valence-electron chi connectivity index (χ1n) is 16.7. The number of rotatable bonds is 9. The van der Waals surface area contributed by atoms with Gasteiger partial charge in [0.1, 0.15) is 0 Å². The van der Waals surface area contributed by atoms with Crippen molar-refractivity contribution < 1.29 is 22.8 Å². The van der Waals surface area contributed by atoms with Crippen LogP contribution in [-0.2, 0) is 15.8 Å². The number of benzene rings is 3. The van der Waals surface area contributed by atoms with E-state index in [9.17, 15) is 18.0 Å². The van der Waals surface area contributed by atoms with E-state index in [1.807, 2.05) is 29.3 Å². The van der Waals surface area contributed by atoms with Crippen LogP contribution >= 0.6 is 0 Å². The molecule has 3 unspecified atom stereocenters. The zero-order valence-corrected chi connectivity index (χ0v) is 26.7. The molecular weight excluding hydrogens is 589 g/mol. The van der Waals surface area contributed by atoms with Gasteiger partial charge >= 0.3 is 6.18 Å². The van der Waals surface area contributed by atoms with Crippen molar-refractivity contribution in [3.8, 4) is 22.3 Å². The Hall–Kier alpha value is -3.69. The first-order valence-corrected chi connectivity index (χ1v) is 16.7. The molecule has 3 aromatic carbocycles. The monoisotopic (exact) mass is 632 g/mol. The van der Waals surface area contributed by atoms with Crippen molar-refractivity contribution in [2.45, 2.75) is 82.6 Å². The van der Waals surface area contributed by atoms with E-state index in [-0.39, 0.29) is 18.1 Å². The van der Waals surface area contributed by atoms with Gasteiger partial charge in [0.2, 0.25) is 12.3 Å². The summed E-state index contributed by atoms with van der Waals surface area (Å²) < 4.78 is 40.6. The lowest BCUT2D eigenvalue weighted by Gasteiger charge is -2.44. The summed E-state index contributed by atoms with van der Waals surface area (Å²) in [5.41, 5.74) is 5.87. The van der Waals surface area contributed by atoms with Gasteiger partial charge in [-0.25, -0.2) is 0 Å². The third kappa shape index (κ3) is 6.07. The predicted molar refractivity (Wildman–Crippen MR) is 174 cm³/mol. The fourth-order valence-corrected chi connectivity index (χ4v) is 7.75. The Kier molecular flexibility index (Phi) is 9.52. The maximum Gasteiger partial charge on any atom is 0.416 e. The van der Waals surface area contributed by atoms with Crippen molar-refractivity contribution in [3.05, 3.63) is 82.9 Å². The number of amides is 2. The third-order valence-electron chi connectivity index (χ3n) is 10.0. The topological polar surface area (TPSA) is 55.9 Å². The van der Waals surface area contributed by atoms with Gasteiger partial charge in [0.05, 0.1) is 17.6 Å². The van der Waals surface area contributed by atoms with Crippen molar-refractivity contribution >= 4 is 12.3 Å². The predicted octanol–water partition coefficient (Wildman–Crippen LogP) is 7.74.